The minimum atomic E-state index is -4.81. The highest BCUT2D eigenvalue weighted by atomic mass is 32.2. The van der Waals surface area contributed by atoms with Crippen LogP contribution in [0.3, 0.4) is 0 Å². The van der Waals surface area contributed by atoms with Crippen LogP contribution in [0.1, 0.15) is 17.3 Å². The summed E-state index contributed by atoms with van der Waals surface area (Å²) < 4.78 is 61.7. The zero-order chi connectivity index (χ0) is 15.7. The molecule has 11 heteroatoms. The predicted molar refractivity (Wildman–Crippen MR) is 64.2 cm³/mol. The molecule has 1 aromatic rings. The van der Waals surface area contributed by atoms with E-state index in [1.165, 1.54) is 0 Å². The number of nitrogens with one attached hydrogen (secondary N) is 1. The number of imide groups is 1. The first-order valence-electron chi connectivity index (χ1n) is 4.83. The van der Waals surface area contributed by atoms with Crippen molar-refractivity contribution in [3.8, 4) is 0 Å². The molecule has 1 rings (SSSR count). The third-order valence-electron chi connectivity index (χ3n) is 2.03. The van der Waals surface area contributed by atoms with Crippen molar-refractivity contribution < 1.29 is 35.5 Å². The Labute approximate surface area is 114 Å². The summed E-state index contributed by atoms with van der Waals surface area (Å²) in [5, 5.41) is 1.79. The summed E-state index contributed by atoms with van der Waals surface area (Å²) in [7, 11) is -9.62. The van der Waals surface area contributed by atoms with Gasteiger partial charge in [0.1, 0.15) is 0 Å². The van der Waals surface area contributed by atoms with E-state index in [1.54, 1.807) is 5.32 Å². The molecule has 1 aromatic carbocycles. The van der Waals surface area contributed by atoms with E-state index in [0.717, 1.165) is 6.92 Å². The summed E-state index contributed by atoms with van der Waals surface area (Å²) in [6.07, 6.45) is 0. The van der Waals surface area contributed by atoms with Crippen molar-refractivity contribution in [2.24, 2.45) is 0 Å². The Hall–Kier alpha value is -1.82. The Morgan fingerprint density at radius 2 is 1.35 bits per heavy atom. The van der Waals surface area contributed by atoms with E-state index in [0.29, 0.717) is 18.2 Å². The van der Waals surface area contributed by atoms with Crippen molar-refractivity contribution >= 4 is 32.1 Å². The Bertz CT molecular complexity index is 728. The average molecular weight is 323 g/mol. The third-order valence-corrected chi connectivity index (χ3v) is 3.69. The summed E-state index contributed by atoms with van der Waals surface area (Å²) in [5.74, 6) is -1.85. The second kappa shape index (κ2) is 5.28. The van der Waals surface area contributed by atoms with Gasteiger partial charge in [-0.3, -0.25) is 24.0 Å². The van der Waals surface area contributed by atoms with E-state index in [1.807, 2.05) is 0 Å². The number of amides is 2. The van der Waals surface area contributed by atoms with Gasteiger partial charge in [-0.15, -0.1) is 0 Å². The van der Waals surface area contributed by atoms with Gasteiger partial charge in [0.05, 0.1) is 9.79 Å². The zero-order valence-electron chi connectivity index (χ0n) is 9.89. The fourth-order valence-corrected chi connectivity index (χ4v) is 2.41. The number of carbonyl (C=O) groups is 2. The molecule has 0 saturated carbocycles. The van der Waals surface area contributed by atoms with Gasteiger partial charge in [-0.2, -0.15) is 16.8 Å². The number of benzene rings is 1. The van der Waals surface area contributed by atoms with Crippen molar-refractivity contribution in [3.63, 3.8) is 0 Å². The molecule has 0 fully saturated rings. The molecule has 110 valence electrons. The van der Waals surface area contributed by atoms with E-state index >= 15 is 0 Å². The molecule has 0 saturated heterocycles. The van der Waals surface area contributed by atoms with Crippen LogP contribution < -0.4 is 5.32 Å². The van der Waals surface area contributed by atoms with Crippen LogP contribution in [0, 0.1) is 0 Å². The van der Waals surface area contributed by atoms with Crippen LogP contribution in [-0.4, -0.2) is 37.8 Å². The first-order valence-corrected chi connectivity index (χ1v) is 7.71. The third kappa shape index (κ3) is 4.09. The molecular weight excluding hydrogens is 314 g/mol. The highest BCUT2D eigenvalue weighted by molar-refractivity contribution is 7.86. The predicted octanol–water partition coefficient (Wildman–Crippen LogP) is -0.544. The Kier molecular flexibility index (Phi) is 4.29. The van der Waals surface area contributed by atoms with Crippen LogP contribution in [0.4, 0.5) is 0 Å². The molecule has 0 aliphatic rings. The maximum absolute atomic E-state index is 11.5. The molecule has 0 radical (unpaired) electrons. The van der Waals surface area contributed by atoms with Crippen LogP contribution in [-0.2, 0) is 25.0 Å². The molecule has 0 aliphatic heterocycles. The molecule has 2 amide bonds. The van der Waals surface area contributed by atoms with Crippen LogP contribution in [0.5, 0.6) is 0 Å². The van der Waals surface area contributed by atoms with Gasteiger partial charge in [0, 0.05) is 12.5 Å². The lowest BCUT2D eigenvalue weighted by Gasteiger charge is -2.06. The first-order chi connectivity index (χ1) is 8.91. The molecule has 9 nitrogen and oxygen atoms in total. The number of carbonyl (C=O) groups excluding carboxylic acids is 2. The molecular formula is C9H9NO8S2. The van der Waals surface area contributed by atoms with E-state index in [-0.39, 0.29) is 0 Å². The molecule has 0 aliphatic carbocycles. The Balaban J connectivity index is 3.54. The Morgan fingerprint density at radius 3 is 1.65 bits per heavy atom. The monoisotopic (exact) mass is 323 g/mol. The molecule has 0 aromatic heterocycles. The number of hydrogen-bond donors (Lipinski definition) is 3. The lowest BCUT2D eigenvalue weighted by atomic mass is 10.2. The number of hydrogen-bond acceptors (Lipinski definition) is 6. The van der Waals surface area contributed by atoms with Crippen molar-refractivity contribution in [1.82, 2.24) is 5.32 Å². The average Bonchev–Trinajstić information content (AvgIpc) is 2.25. The highest BCUT2D eigenvalue weighted by Crippen LogP contribution is 2.19. The van der Waals surface area contributed by atoms with Gasteiger partial charge >= 0.3 is 0 Å². The van der Waals surface area contributed by atoms with Gasteiger partial charge in [-0.25, -0.2) is 0 Å². The summed E-state index contributed by atoms with van der Waals surface area (Å²) in [6.45, 7) is 1.01. The van der Waals surface area contributed by atoms with Gasteiger partial charge in [-0.05, 0) is 18.2 Å². The normalized spacial score (nSPS) is 11.9. The molecule has 0 atom stereocenters. The quantitative estimate of drug-likeness (QED) is 0.626. The lowest BCUT2D eigenvalue weighted by molar-refractivity contribution is -0.118. The topological polar surface area (TPSA) is 155 Å². The van der Waals surface area contributed by atoms with Crippen LogP contribution in [0.2, 0.25) is 0 Å². The van der Waals surface area contributed by atoms with Crippen molar-refractivity contribution in [2.75, 3.05) is 0 Å². The molecule has 0 spiro atoms. The molecule has 0 heterocycles. The van der Waals surface area contributed by atoms with E-state index in [2.05, 4.69) is 0 Å². The second-order valence-corrected chi connectivity index (χ2v) is 6.50. The fraction of sp³-hybridized carbons (Fsp3) is 0.111. The Morgan fingerprint density at radius 1 is 0.950 bits per heavy atom. The van der Waals surface area contributed by atoms with Gasteiger partial charge < -0.3 is 0 Å². The summed E-state index contributed by atoms with van der Waals surface area (Å²) >= 11 is 0. The number of rotatable bonds is 3. The highest BCUT2D eigenvalue weighted by Gasteiger charge is 2.20. The van der Waals surface area contributed by atoms with Gasteiger partial charge in [-0.1, -0.05) is 0 Å². The molecule has 0 bridgehead atoms. The zero-order valence-corrected chi connectivity index (χ0v) is 11.5. The van der Waals surface area contributed by atoms with E-state index in [9.17, 15) is 26.4 Å². The fourth-order valence-electron chi connectivity index (χ4n) is 1.23. The summed E-state index contributed by atoms with van der Waals surface area (Å²) in [4.78, 5) is 20.4. The SMILES string of the molecule is CC(=O)NC(=O)c1cc(S(=O)(=O)O)cc(S(=O)(=O)O)c1. The largest absolute Gasteiger partial charge is 0.294 e. The maximum atomic E-state index is 11.5. The van der Waals surface area contributed by atoms with Crippen LogP contribution >= 0.6 is 0 Å². The maximum Gasteiger partial charge on any atom is 0.294 e. The standard InChI is InChI=1S/C9H9NO8S2/c1-5(11)10-9(12)6-2-7(19(13,14)15)4-8(3-6)20(16,17)18/h2-4H,1H3,(H,10,11,12)(H,13,14,15)(H,16,17,18). The summed E-state index contributed by atoms with van der Waals surface area (Å²) in [6, 6.07) is 1.78. The minimum Gasteiger partial charge on any atom is -0.293 e. The van der Waals surface area contributed by atoms with Crippen molar-refractivity contribution in [3.05, 3.63) is 23.8 Å². The molecule has 20 heavy (non-hydrogen) atoms. The van der Waals surface area contributed by atoms with Crippen molar-refractivity contribution in [2.45, 2.75) is 16.7 Å². The van der Waals surface area contributed by atoms with Crippen molar-refractivity contribution in [1.29, 1.82) is 0 Å². The van der Waals surface area contributed by atoms with Crippen LogP contribution in [0.15, 0.2) is 28.0 Å². The van der Waals surface area contributed by atoms with Gasteiger partial charge in [0.15, 0.2) is 0 Å². The van der Waals surface area contributed by atoms with E-state index in [4.69, 9.17) is 9.11 Å². The molecule has 3 N–H and O–H groups in total. The van der Waals surface area contributed by atoms with Gasteiger partial charge in [0.25, 0.3) is 26.1 Å². The summed E-state index contributed by atoms with van der Waals surface area (Å²) in [5.41, 5.74) is -0.539. The minimum absolute atomic E-state index is 0.467. The van der Waals surface area contributed by atoms with Gasteiger partial charge in [0.2, 0.25) is 5.91 Å². The smallest absolute Gasteiger partial charge is 0.293 e. The van der Waals surface area contributed by atoms with E-state index < -0.39 is 47.4 Å². The lowest BCUT2D eigenvalue weighted by Crippen LogP contribution is -2.28. The first kappa shape index (κ1) is 16.2. The van der Waals surface area contributed by atoms with Crippen LogP contribution in [0.25, 0.3) is 0 Å². The second-order valence-electron chi connectivity index (χ2n) is 3.65. The molecule has 0 unspecified atom stereocenters.